The molecule has 1 aromatic heterocycles. The van der Waals surface area contributed by atoms with E-state index >= 15 is 0 Å². The molecule has 9 nitrogen and oxygen atoms in total. The molecule has 0 unspecified atom stereocenters. The molecular formula is C25H34N4O5. The van der Waals surface area contributed by atoms with E-state index in [9.17, 15) is 9.59 Å². The summed E-state index contributed by atoms with van der Waals surface area (Å²) in [4.78, 5) is 27.4. The van der Waals surface area contributed by atoms with Crippen LogP contribution >= 0.6 is 0 Å². The number of piperidine rings is 1. The lowest BCUT2D eigenvalue weighted by Gasteiger charge is -2.31. The van der Waals surface area contributed by atoms with E-state index in [2.05, 4.69) is 5.10 Å². The third-order valence-corrected chi connectivity index (χ3v) is 6.95. The largest absolute Gasteiger partial charge is 0.493 e. The highest BCUT2D eigenvalue weighted by Gasteiger charge is 2.31. The summed E-state index contributed by atoms with van der Waals surface area (Å²) in [5.41, 5.74) is 0.764. The van der Waals surface area contributed by atoms with E-state index in [1.807, 2.05) is 9.47 Å². The molecule has 184 valence electrons. The van der Waals surface area contributed by atoms with E-state index in [0.29, 0.717) is 30.3 Å². The van der Waals surface area contributed by atoms with Crippen molar-refractivity contribution in [3.63, 3.8) is 0 Å². The van der Waals surface area contributed by atoms with Gasteiger partial charge >= 0.3 is 5.69 Å². The molecule has 1 aliphatic carbocycles. The summed E-state index contributed by atoms with van der Waals surface area (Å²) in [6, 6.07) is 3.87. The second-order valence-electron chi connectivity index (χ2n) is 8.96. The molecular weight excluding hydrogens is 436 g/mol. The molecule has 34 heavy (non-hydrogen) atoms. The summed E-state index contributed by atoms with van der Waals surface area (Å²) in [6.07, 6.45) is 9.35. The van der Waals surface area contributed by atoms with E-state index in [4.69, 9.17) is 14.2 Å². The van der Waals surface area contributed by atoms with E-state index in [1.54, 1.807) is 52.7 Å². The highest BCUT2D eigenvalue weighted by atomic mass is 16.5. The highest BCUT2D eigenvalue weighted by molar-refractivity contribution is 5.92. The maximum atomic E-state index is 12.9. The van der Waals surface area contributed by atoms with Crippen molar-refractivity contribution in [2.45, 2.75) is 50.5 Å². The van der Waals surface area contributed by atoms with Crippen molar-refractivity contribution in [2.24, 2.45) is 7.05 Å². The number of carbonyl (C=O) groups excluding carboxylic acids is 1. The Labute approximate surface area is 199 Å². The van der Waals surface area contributed by atoms with Crippen LogP contribution in [-0.4, -0.2) is 59.6 Å². The Morgan fingerprint density at radius 1 is 1.00 bits per heavy atom. The number of carbonyl (C=O) groups is 1. The number of methoxy groups -OCH3 is 3. The normalized spacial score (nSPS) is 17.5. The molecule has 2 aromatic rings. The Morgan fingerprint density at radius 3 is 2.18 bits per heavy atom. The maximum absolute atomic E-state index is 12.9. The van der Waals surface area contributed by atoms with Crippen LogP contribution in [-0.2, 0) is 11.8 Å². The van der Waals surface area contributed by atoms with Gasteiger partial charge in [-0.25, -0.2) is 9.48 Å². The quantitative estimate of drug-likeness (QED) is 0.578. The zero-order valence-electron chi connectivity index (χ0n) is 20.5. The second kappa shape index (κ2) is 10.4. The molecule has 2 aliphatic rings. The minimum atomic E-state index is -0.0404. The number of hydrogen-bond donors (Lipinski definition) is 0. The van der Waals surface area contributed by atoms with Gasteiger partial charge in [-0.2, -0.15) is 5.10 Å². The Hall–Kier alpha value is -3.23. The molecule has 2 fully saturated rings. The smallest absolute Gasteiger partial charge is 0.345 e. The Kier molecular flexibility index (Phi) is 7.29. The van der Waals surface area contributed by atoms with Crippen LogP contribution in [0.5, 0.6) is 17.2 Å². The monoisotopic (exact) mass is 470 g/mol. The Balaban J connectivity index is 1.43. The summed E-state index contributed by atoms with van der Waals surface area (Å²) in [6.45, 7) is 1.27. The van der Waals surface area contributed by atoms with Gasteiger partial charge < -0.3 is 19.1 Å². The number of likely N-dealkylation sites (tertiary alicyclic amines) is 1. The molecule has 0 bridgehead atoms. The second-order valence-corrected chi connectivity index (χ2v) is 8.96. The van der Waals surface area contributed by atoms with Gasteiger partial charge in [0.15, 0.2) is 11.5 Å². The predicted octanol–water partition coefficient (Wildman–Crippen LogP) is 3.14. The molecule has 9 heteroatoms. The van der Waals surface area contributed by atoms with Crippen LogP contribution in [0.25, 0.3) is 6.08 Å². The Morgan fingerprint density at radius 2 is 1.62 bits per heavy atom. The SMILES string of the molecule is COc1cc(/C=C/C(=O)N2CCC(c3nn(C)c(=O)n3C3CCCC3)CC2)cc(OC)c1OC. The fourth-order valence-corrected chi connectivity index (χ4v) is 5.11. The van der Waals surface area contributed by atoms with Crippen LogP contribution < -0.4 is 19.9 Å². The van der Waals surface area contributed by atoms with Crippen LogP contribution in [0.2, 0.25) is 0 Å². The lowest BCUT2D eigenvalue weighted by molar-refractivity contribution is -0.127. The van der Waals surface area contributed by atoms with Crippen molar-refractivity contribution >= 4 is 12.0 Å². The predicted molar refractivity (Wildman–Crippen MR) is 129 cm³/mol. The summed E-state index contributed by atoms with van der Waals surface area (Å²) >= 11 is 0. The standard InChI is InChI=1S/C25H34N4O5/c1-27-25(31)29(19-7-5-6-8-19)24(26-27)18-11-13-28(14-12-18)22(30)10-9-17-15-20(32-2)23(34-4)21(16-17)33-3/h9-10,15-16,18-19H,5-8,11-14H2,1-4H3/b10-9+. The third-order valence-electron chi connectivity index (χ3n) is 6.95. The molecule has 1 aromatic carbocycles. The first-order valence-electron chi connectivity index (χ1n) is 11.9. The summed E-state index contributed by atoms with van der Waals surface area (Å²) in [7, 11) is 6.41. The minimum Gasteiger partial charge on any atom is -0.493 e. The van der Waals surface area contributed by atoms with Crippen molar-refractivity contribution < 1.29 is 19.0 Å². The van der Waals surface area contributed by atoms with E-state index in [-0.39, 0.29) is 23.6 Å². The van der Waals surface area contributed by atoms with Gasteiger partial charge in [0, 0.05) is 38.2 Å². The molecule has 1 aliphatic heterocycles. The first-order chi connectivity index (χ1) is 16.5. The van der Waals surface area contributed by atoms with Gasteiger partial charge in [-0.3, -0.25) is 9.36 Å². The topological polar surface area (TPSA) is 87.8 Å². The van der Waals surface area contributed by atoms with Gasteiger partial charge in [-0.15, -0.1) is 0 Å². The average Bonchev–Trinajstić information content (AvgIpc) is 3.49. The van der Waals surface area contributed by atoms with Crippen LogP contribution in [0, 0.1) is 0 Å². The van der Waals surface area contributed by atoms with Crippen LogP contribution in [0.15, 0.2) is 23.0 Å². The van der Waals surface area contributed by atoms with Gasteiger partial charge in [-0.1, -0.05) is 12.8 Å². The van der Waals surface area contributed by atoms with Crippen LogP contribution in [0.4, 0.5) is 0 Å². The van der Waals surface area contributed by atoms with Gasteiger partial charge in [-0.05, 0) is 49.5 Å². The van der Waals surface area contributed by atoms with E-state index in [1.165, 1.54) is 4.68 Å². The fourth-order valence-electron chi connectivity index (χ4n) is 5.11. The van der Waals surface area contributed by atoms with Crippen molar-refractivity contribution in [3.8, 4) is 17.2 Å². The van der Waals surface area contributed by atoms with E-state index in [0.717, 1.165) is 49.9 Å². The average molecular weight is 471 g/mol. The number of amides is 1. The van der Waals surface area contributed by atoms with Gasteiger partial charge in [0.2, 0.25) is 11.7 Å². The number of ether oxygens (including phenoxy) is 3. The molecule has 0 N–H and O–H groups in total. The molecule has 2 heterocycles. The summed E-state index contributed by atoms with van der Waals surface area (Å²) in [5.74, 6) is 2.64. The molecule has 0 radical (unpaired) electrons. The molecule has 1 saturated carbocycles. The number of aromatic nitrogens is 3. The Bertz CT molecular complexity index is 1080. The maximum Gasteiger partial charge on any atom is 0.345 e. The molecule has 1 amide bonds. The van der Waals surface area contributed by atoms with Gasteiger partial charge in [0.25, 0.3) is 0 Å². The lowest BCUT2D eigenvalue weighted by Crippen LogP contribution is -2.38. The molecule has 0 spiro atoms. The fraction of sp³-hybridized carbons (Fsp3) is 0.560. The molecule has 0 atom stereocenters. The van der Waals surface area contributed by atoms with Crippen molar-refractivity contribution in [1.29, 1.82) is 0 Å². The third kappa shape index (κ3) is 4.69. The number of aryl methyl sites for hydroxylation is 1. The summed E-state index contributed by atoms with van der Waals surface area (Å²) in [5, 5.41) is 4.59. The highest BCUT2D eigenvalue weighted by Crippen LogP contribution is 2.38. The van der Waals surface area contributed by atoms with Gasteiger partial charge in [0.05, 0.1) is 21.3 Å². The van der Waals surface area contributed by atoms with Crippen molar-refractivity contribution in [2.75, 3.05) is 34.4 Å². The summed E-state index contributed by atoms with van der Waals surface area (Å²) < 4.78 is 19.5. The van der Waals surface area contributed by atoms with Gasteiger partial charge in [0.1, 0.15) is 5.82 Å². The zero-order valence-corrected chi connectivity index (χ0v) is 20.5. The molecule has 4 rings (SSSR count). The number of benzene rings is 1. The molecule has 1 saturated heterocycles. The first kappa shape index (κ1) is 23.9. The number of nitrogens with zero attached hydrogens (tertiary/aromatic N) is 4. The number of rotatable bonds is 7. The zero-order chi connectivity index (χ0) is 24.2. The number of hydrogen-bond acceptors (Lipinski definition) is 6. The lowest BCUT2D eigenvalue weighted by atomic mass is 9.95. The minimum absolute atomic E-state index is 0.0197. The van der Waals surface area contributed by atoms with Crippen molar-refractivity contribution in [3.05, 3.63) is 40.1 Å². The van der Waals surface area contributed by atoms with E-state index < -0.39 is 0 Å². The first-order valence-corrected chi connectivity index (χ1v) is 11.9. The van der Waals surface area contributed by atoms with Crippen LogP contribution in [0.3, 0.4) is 0 Å². The van der Waals surface area contributed by atoms with Crippen molar-refractivity contribution in [1.82, 2.24) is 19.2 Å². The van der Waals surface area contributed by atoms with Crippen LogP contribution in [0.1, 0.15) is 61.9 Å².